The molecular weight excluding hydrogens is 214 g/mol. The number of allylic oxidation sites excluding steroid dienone is 2. The second-order valence-electron chi connectivity index (χ2n) is 2.81. The molecule has 2 heterocycles. The quantitative estimate of drug-likeness (QED) is 0.778. The Balaban J connectivity index is 2.17. The van der Waals surface area contributed by atoms with Gasteiger partial charge in [-0.3, -0.25) is 0 Å². The third kappa shape index (κ3) is 1.83. The fraction of sp³-hybridized carbons (Fsp3) is 0.222. The molecule has 0 spiro atoms. The van der Waals surface area contributed by atoms with Crippen LogP contribution in [0.3, 0.4) is 0 Å². The van der Waals surface area contributed by atoms with E-state index >= 15 is 0 Å². The lowest BCUT2D eigenvalue weighted by Crippen LogP contribution is -1.94. The van der Waals surface area contributed by atoms with Crippen LogP contribution in [0.25, 0.3) is 4.91 Å². The van der Waals surface area contributed by atoms with Crippen molar-refractivity contribution in [2.24, 2.45) is 0 Å². The van der Waals surface area contributed by atoms with Gasteiger partial charge in [0.15, 0.2) is 5.01 Å². The van der Waals surface area contributed by atoms with E-state index in [1.807, 2.05) is 13.0 Å². The molecule has 5 heteroatoms. The molecule has 0 amide bonds. The van der Waals surface area contributed by atoms with Crippen LogP contribution in [0, 0.1) is 6.26 Å². The van der Waals surface area contributed by atoms with Crippen molar-refractivity contribution in [2.45, 2.75) is 6.92 Å². The lowest BCUT2D eigenvalue weighted by Gasteiger charge is -2.06. The van der Waals surface area contributed by atoms with Crippen molar-refractivity contribution in [1.82, 2.24) is 10.2 Å². The first-order valence-electron chi connectivity index (χ1n) is 4.37. The number of nitrogens with one attached hydrogen (secondary N) is 1. The summed E-state index contributed by atoms with van der Waals surface area (Å²) in [5, 5.41) is 15.4. The summed E-state index contributed by atoms with van der Waals surface area (Å²) in [4.78, 5) is 1.22. The Bertz CT molecular complexity index is 381. The predicted octanol–water partition coefficient (Wildman–Crippen LogP) is 2.63. The standard InChI is InChI=1S/C9H12N3S2/c1-3-10-9-12-11-8(13-9)7-5-4-6-14(7)2/h4-6,14H,2-3H2,1H3,(H,10,12). The van der Waals surface area contributed by atoms with Gasteiger partial charge in [0.05, 0.1) is 0 Å². The van der Waals surface area contributed by atoms with Crippen LogP contribution in [0.4, 0.5) is 5.13 Å². The minimum atomic E-state index is -0.390. The SMILES string of the molecule is [CH2][SH]1C=CC=C1c1nnc(NCC)s1. The normalized spacial score (nSPS) is 22.4. The number of aromatic nitrogens is 2. The van der Waals surface area contributed by atoms with Crippen LogP contribution in [-0.2, 0) is 0 Å². The van der Waals surface area contributed by atoms with Crippen LogP contribution in [0.5, 0.6) is 0 Å². The molecule has 1 aliphatic rings. The molecule has 3 nitrogen and oxygen atoms in total. The average Bonchev–Trinajstić information content (AvgIpc) is 2.74. The number of rotatable bonds is 3. The van der Waals surface area contributed by atoms with Gasteiger partial charge < -0.3 is 5.32 Å². The molecule has 2 rings (SSSR count). The van der Waals surface area contributed by atoms with Gasteiger partial charge in [-0.05, 0) is 24.7 Å². The number of nitrogens with zero attached hydrogens (tertiary/aromatic N) is 2. The maximum absolute atomic E-state index is 4.14. The lowest BCUT2D eigenvalue weighted by atomic mass is 10.5. The van der Waals surface area contributed by atoms with Crippen LogP contribution in [0.2, 0.25) is 0 Å². The summed E-state index contributed by atoms with van der Waals surface area (Å²) >= 11 is 1.59. The summed E-state index contributed by atoms with van der Waals surface area (Å²) in [7, 11) is -0.390. The molecule has 75 valence electrons. The molecule has 1 radical (unpaired) electrons. The van der Waals surface area contributed by atoms with Crippen molar-refractivity contribution >= 4 is 32.3 Å². The van der Waals surface area contributed by atoms with E-state index in [9.17, 15) is 0 Å². The van der Waals surface area contributed by atoms with Crippen molar-refractivity contribution in [2.75, 3.05) is 11.9 Å². The fourth-order valence-electron chi connectivity index (χ4n) is 1.16. The topological polar surface area (TPSA) is 37.8 Å². The number of thiol groups is 1. The van der Waals surface area contributed by atoms with Gasteiger partial charge in [0, 0.05) is 11.4 Å². The highest BCUT2D eigenvalue weighted by Gasteiger charge is 2.13. The summed E-state index contributed by atoms with van der Waals surface area (Å²) in [5.41, 5.74) is 0. The van der Waals surface area contributed by atoms with E-state index in [-0.39, 0.29) is 10.9 Å². The van der Waals surface area contributed by atoms with Gasteiger partial charge in [-0.25, -0.2) is 10.9 Å². The average molecular weight is 226 g/mol. The molecule has 0 aromatic carbocycles. The molecule has 1 aromatic rings. The Kier molecular flexibility index (Phi) is 2.88. The van der Waals surface area contributed by atoms with E-state index in [0.717, 1.165) is 16.7 Å². The van der Waals surface area contributed by atoms with E-state index < -0.39 is 0 Å². The fourth-order valence-corrected chi connectivity index (χ4v) is 3.40. The third-order valence-electron chi connectivity index (χ3n) is 1.80. The van der Waals surface area contributed by atoms with Gasteiger partial charge in [-0.1, -0.05) is 17.4 Å². The second kappa shape index (κ2) is 4.14. The van der Waals surface area contributed by atoms with Crippen molar-refractivity contribution in [1.29, 1.82) is 0 Å². The van der Waals surface area contributed by atoms with E-state index in [1.165, 1.54) is 4.91 Å². The summed E-state index contributed by atoms with van der Waals surface area (Å²) in [6, 6.07) is 0. The molecule has 0 saturated carbocycles. The molecule has 0 bridgehead atoms. The van der Waals surface area contributed by atoms with Gasteiger partial charge in [-0.15, -0.1) is 10.2 Å². The number of anilines is 1. The van der Waals surface area contributed by atoms with Gasteiger partial charge >= 0.3 is 0 Å². The first-order chi connectivity index (χ1) is 6.81. The number of hydrogen-bond donors (Lipinski definition) is 2. The maximum Gasteiger partial charge on any atom is 0.206 e. The molecule has 0 aliphatic carbocycles. The van der Waals surface area contributed by atoms with Crippen LogP contribution in [0.15, 0.2) is 17.6 Å². The van der Waals surface area contributed by atoms with E-state index in [4.69, 9.17) is 0 Å². The Morgan fingerprint density at radius 2 is 2.43 bits per heavy atom. The van der Waals surface area contributed by atoms with E-state index in [1.54, 1.807) is 11.3 Å². The molecule has 1 unspecified atom stereocenters. The maximum atomic E-state index is 4.14. The van der Waals surface area contributed by atoms with E-state index in [2.05, 4.69) is 33.3 Å². The summed E-state index contributed by atoms with van der Waals surface area (Å²) < 4.78 is 0. The molecule has 1 atom stereocenters. The molecular formula is C9H12N3S2. The van der Waals surface area contributed by atoms with Crippen LogP contribution >= 0.6 is 22.2 Å². The molecule has 0 saturated heterocycles. The highest BCUT2D eigenvalue weighted by Crippen LogP contribution is 2.46. The molecule has 14 heavy (non-hydrogen) atoms. The van der Waals surface area contributed by atoms with Gasteiger partial charge in [0.2, 0.25) is 5.13 Å². The Labute approximate surface area is 90.3 Å². The van der Waals surface area contributed by atoms with E-state index in [0.29, 0.717) is 0 Å². The third-order valence-corrected chi connectivity index (χ3v) is 4.38. The minimum Gasteiger partial charge on any atom is -0.360 e. The van der Waals surface area contributed by atoms with Gasteiger partial charge in [0.1, 0.15) is 0 Å². The molecule has 0 fully saturated rings. The van der Waals surface area contributed by atoms with Crippen LogP contribution in [0.1, 0.15) is 11.9 Å². The first kappa shape index (κ1) is 9.73. The van der Waals surface area contributed by atoms with Crippen molar-refractivity contribution < 1.29 is 0 Å². The zero-order chi connectivity index (χ0) is 9.97. The van der Waals surface area contributed by atoms with Crippen LogP contribution in [-0.4, -0.2) is 16.7 Å². The van der Waals surface area contributed by atoms with Crippen LogP contribution < -0.4 is 5.32 Å². The Morgan fingerprint density at radius 3 is 3.07 bits per heavy atom. The lowest BCUT2D eigenvalue weighted by molar-refractivity contribution is 1.06. The summed E-state index contributed by atoms with van der Waals surface area (Å²) in [6.07, 6.45) is 8.20. The van der Waals surface area contributed by atoms with Crippen molar-refractivity contribution in [3.8, 4) is 0 Å². The van der Waals surface area contributed by atoms with Gasteiger partial charge in [0.25, 0.3) is 0 Å². The van der Waals surface area contributed by atoms with Crippen molar-refractivity contribution in [3.05, 3.63) is 28.8 Å². The molecule has 1 aromatic heterocycles. The highest BCUT2D eigenvalue weighted by molar-refractivity contribution is 8.28. The Hall–Kier alpha value is -0.810. The monoisotopic (exact) mass is 226 g/mol. The zero-order valence-corrected chi connectivity index (χ0v) is 9.61. The Morgan fingerprint density at radius 1 is 1.57 bits per heavy atom. The summed E-state index contributed by atoms with van der Waals surface area (Å²) in [5.74, 6) is 0. The largest absolute Gasteiger partial charge is 0.360 e. The van der Waals surface area contributed by atoms with Gasteiger partial charge in [-0.2, -0.15) is 0 Å². The smallest absolute Gasteiger partial charge is 0.206 e. The molecule has 1 aliphatic heterocycles. The highest BCUT2D eigenvalue weighted by atomic mass is 32.2. The zero-order valence-electron chi connectivity index (χ0n) is 7.90. The molecule has 1 N–H and O–H groups in total. The minimum absolute atomic E-state index is 0.390. The first-order valence-corrected chi connectivity index (χ1v) is 6.78. The number of hydrogen-bond acceptors (Lipinski definition) is 4. The summed E-state index contributed by atoms with van der Waals surface area (Å²) in [6.45, 7) is 2.93. The predicted molar refractivity (Wildman–Crippen MR) is 65.5 cm³/mol. The second-order valence-corrected chi connectivity index (χ2v) is 5.50. The van der Waals surface area contributed by atoms with Crippen molar-refractivity contribution in [3.63, 3.8) is 0 Å².